The van der Waals surface area contributed by atoms with Crippen LogP contribution in [0.5, 0.6) is 0 Å². The Morgan fingerprint density at radius 2 is 2.33 bits per heavy atom. The smallest absolute Gasteiger partial charge is 0.215 e. The van der Waals surface area contributed by atoms with Gasteiger partial charge in [0.1, 0.15) is 0 Å². The molecule has 18 heavy (non-hydrogen) atoms. The van der Waals surface area contributed by atoms with Crippen molar-refractivity contribution in [3.8, 4) is 0 Å². The second-order valence-corrected chi connectivity index (χ2v) is 8.45. The molecular formula is C11H17ClN2O2S2. The molecule has 1 atom stereocenters. The van der Waals surface area contributed by atoms with Gasteiger partial charge in [0, 0.05) is 24.5 Å². The summed E-state index contributed by atoms with van der Waals surface area (Å²) in [6, 6.07) is 3.76. The lowest BCUT2D eigenvalue weighted by Gasteiger charge is -2.19. The van der Waals surface area contributed by atoms with Gasteiger partial charge in [-0.15, -0.1) is 11.3 Å². The number of nitrogens with one attached hydrogen (secondary N) is 1. The number of sulfonamides is 1. The Hall–Kier alpha value is -0.140. The van der Waals surface area contributed by atoms with Crippen molar-refractivity contribution in [1.82, 2.24) is 9.62 Å². The molecule has 0 spiro atoms. The maximum atomic E-state index is 12.2. The first kappa shape index (κ1) is 14.3. The second kappa shape index (κ2) is 5.88. The first-order chi connectivity index (χ1) is 8.47. The molecule has 1 aromatic heterocycles. The lowest BCUT2D eigenvalue weighted by Crippen LogP contribution is -2.37. The van der Waals surface area contributed by atoms with Crippen molar-refractivity contribution in [2.45, 2.75) is 25.4 Å². The minimum Gasteiger partial charge on any atom is -0.313 e. The van der Waals surface area contributed by atoms with Crippen LogP contribution >= 0.6 is 22.9 Å². The van der Waals surface area contributed by atoms with E-state index in [2.05, 4.69) is 5.32 Å². The first-order valence-corrected chi connectivity index (χ1v) is 8.69. The highest BCUT2D eigenvalue weighted by Gasteiger charge is 2.25. The van der Waals surface area contributed by atoms with Crippen molar-refractivity contribution < 1.29 is 8.42 Å². The Kier molecular flexibility index (Phi) is 4.66. The van der Waals surface area contributed by atoms with Crippen LogP contribution in [0.15, 0.2) is 12.1 Å². The zero-order valence-electron chi connectivity index (χ0n) is 10.2. The fourth-order valence-corrected chi connectivity index (χ4v) is 4.64. The quantitative estimate of drug-likeness (QED) is 0.904. The standard InChI is InChI=1S/C11H17ClN2O2S2/c1-14(7-10-4-5-11(12)17-10)18(15,16)8-9-3-2-6-13-9/h4-5,9,13H,2-3,6-8H2,1H3. The third kappa shape index (κ3) is 3.68. The average Bonchev–Trinajstić information content (AvgIpc) is 2.90. The second-order valence-electron chi connectivity index (χ2n) is 4.53. The third-order valence-electron chi connectivity index (χ3n) is 3.06. The van der Waals surface area contributed by atoms with Gasteiger partial charge in [0.15, 0.2) is 0 Å². The molecule has 1 aliphatic rings. The number of rotatable bonds is 5. The summed E-state index contributed by atoms with van der Waals surface area (Å²) in [5, 5.41) is 3.21. The van der Waals surface area contributed by atoms with Gasteiger partial charge in [-0.2, -0.15) is 4.31 Å². The van der Waals surface area contributed by atoms with Gasteiger partial charge < -0.3 is 5.32 Å². The molecule has 0 radical (unpaired) electrons. The summed E-state index contributed by atoms with van der Waals surface area (Å²) in [5.74, 6) is 0.183. The zero-order chi connectivity index (χ0) is 13.2. The summed E-state index contributed by atoms with van der Waals surface area (Å²) < 4.78 is 26.4. The van der Waals surface area contributed by atoms with E-state index in [1.165, 1.54) is 15.6 Å². The number of thiophene rings is 1. The van der Waals surface area contributed by atoms with Crippen LogP contribution in [0.3, 0.4) is 0 Å². The molecule has 1 unspecified atom stereocenters. The Labute approximate surface area is 117 Å². The fourth-order valence-electron chi connectivity index (χ4n) is 2.03. The number of hydrogen-bond acceptors (Lipinski definition) is 4. The molecule has 1 aromatic rings. The first-order valence-electron chi connectivity index (χ1n) is 5.89. The van der Waals surface area contributed by atoms with E-state index in [9.17, 15) is 8.42 Å². The van der Waals surface area contributed by atoms with Gasteiger partial charge in [-0.05, 0) is 31.5 Å². The Morgan fingerprint density at radius 3 is 2.89 bits per heavy atom. The maximum Gasteiger partial charge on any atom is 0.215 e. The molecule has 7 heteroatoms. The van der Waals surface area contributed by atoms with Crippen molar-refractivity contribution in [3.05, 3.63) is 21.3 Å². The fraction of sp³-hybridized carbons (Fsp3) is 0.636. The molecule has 0 saturated carbocycles. The van der Waals surface area contributed by atoms with Crippen LogP contribution in [0.25, 0.3) is 0 Å². The molecule has 0 aliphatic carbocycles. The predicted molar refractivity (Wildman–Crippen MR) is 75.6 cm³/mol. The van der Waals surface area contributed by atoms with Crippen LogP contribution in [-0.2, 0) is 16.6 Å². The van der Waals surface area contributed by atoms with E-state index in [1.54, 1.807) is 13.1 Å². The molecule has 0 amide bonds. The minimum atomic E-state index is -3.20. The molecule has 2 heterocycles. The Morgan fingerprint density at radius 1 is 1.56 bits per heavy atom. The van der Waals surface area contributed by atoms with Crippen LogP contribution in [0.2, 0.25) is 4.34 Å². The molecule has 0 aromatic carbocycles. The molecule has 1 N–H and O–H groups in total. The third-order valence-corrected chi connectivity index (χ3v) is 6.17. The van der Waals surface area contributed by atoms with E-state index in [0.29, 0.717) is 10.9 Å². The Bertz CT molecular complexity index is 495. The monoisotopic (exact) mass is 308 g/mol. The molecule has 0 bridgehead atoms. The van der Waals surface area contributed by atoms with Crippen molar-refractivity contribution in [2.75, 3.05) is 19.3 Å². The largest absolute Gasteiger partial charge is 0.313 e. The molecule has 1 aliphatic heterocycles. The van der Waals surface area contributed by atoms with E-state index in [4.69, 9.17) is 11.6 Å². The SMILES string of the molecule is CN(Cc1ccc(Cl)s1)S(=O)(=O)CC1CCCN1. The molecule has 2 rings (SSSR count). The average molecular weight is 309 g/mol. The van der Waals surface area contributed by atoms with E-state index in [0.717, 1.165) is 24.3 Å². The Balaban J connectivity index is 1.96. The molecule has 1 fully saturated rings. The van der Waals surface area contributed by atoms with Gasteiger partial charge in [0.05, 0.1) is 10.1 Å². The summed E-state index contributed by atoms with van der Waals surface area (Å²) in [4.78, 5) is 0.963. The summed E-state index contributed by atoms with van der Waals surface area (Å²) in [6.45, 7) is 1.32. The van der Waals surface area contributed by atoms with E-state index in [1.807, 2.05) is 6.07 Å². The van der Waals surface area contributed by atoms with Gasteiger partial charge >= 0.3 is 0 Å². The van der Waals surface area contributed by atoms with Gasteiger partial charge in [-0.25, -0.2) is 8.42 Å². The molecule has 1 saturated heterocycles. The maximum absolute atomic E-state index is 12.2. The lowest BCUT2D eigenvalue weighted by molar-refractivity contribution is 0.462. The van der Waals surface area contributed by atoms with Crippen molar-refractivity contribution in [2.24, 2.45) is 0 Å². The summed E-state index contributed by atoms with van der Waals surface area (Å²) >= 11 is 7.25. The normalized spacial score (nSPS) is 20.7. The highest BCUT2D eigenvalue weighted by molar-refractivity contribution is 7.89. The van der Waals surface area contributed by atoms with E-state index < -0.39 is 10.0 Å². The predicted octanol–water partition coefficient (Wildman–Crippen LogP) is 1.92. The summed E-state index contributed by atoms with van der Waals surface area (Å²) in [6.07, 6.45) is 2.00. The summed E-state index contributed by atoms with van der Waals surface area (Å²) in [7, 11) is -1.58. The van der Waals surface area contributed by atoms with E-state index >= 15 is 0 Å². The van der Waals surface area contributed by atoms with E-state index in [-0.39, 0.29) is 11.8 Å². The van der Waals surface area contributed by atoms with Crippen LogP contribution in [0.4, 0.5) is 0 Å². The van der Waals surface area contributed by atoms with Crippen LogP contribution in [-0.4, -0.2) is 38.1 Å². The van der Waals surface area contributed by atoms with Crippen LogP contribution in [0, 0.1) is 0 Å². The number of halogens is 1. The van der Waals surface area contributed by atoms with Gasteiger partial charge in [-0.1, -0.05) is 11.6 Å². The van der Waals surface area contributed by atoms with Crippen molar-refractivity contribution in [1.29, 1.82) is 0 Å². The van der Waals surface area contributed by atoms with Crippen LogP contribution < -0.4 is 5.32 Å². The lowest BCUT2D eigenvalue weighted by atomic mass is 10.3. The number of nitrogens with zero attached hydrogens (tertiary/aromatic N) is 1. The number of hydrogen-bond donors (Lipinski definition) is 1. The van der Waals surface area contributed by atoms with Crippen LogP contribution in [0.1, 0.15) is 17.7 Å². The molecule has 4 nitrogen and oxygen atoms in total. The van der Waals surface area contributed by atoms with Gasteiger partial charge in [0.25, 0.3) is 0 Å². The van der Waals surface area contributed by atoms with Gasteiger partial charge in [-0.3, -0.25) is 0 Å². The zero-order valence-corrected chi connectivity index (χ0v) is 12.6. The molecule has 102 valence electrons. The topological polar surface area (TPSA) is 49.4 Å². The highest BCUT2D eigenvalue weighted by atomic mass is 35.5. The van der Waals surface area contributed by atoms with Crippen molar-refractivity contribution in [3.63, 3.8) is 0 Å². The minimum absolute atomic E-state index is 0.101. The molecular weight excluding hydrogens is 292 g/mol. The van der Waals surface area contributed by atoms with Crippen molar-refractivity contribution >= 4 is 33.0 Å². The highest BCUT2D eigenvalue weighted by Crippen LogP contribution is 2.23. The summed E-state index contributed by atoms with van der Waals surface area (Å²) in [5.41, 5.74) is 0. The van der Waals surface area contributed by atoms with Gasteiger partial charge in [0.2, 0.25) is 10.0 Å².